The van der Waals surface area contributed by atoms with Gasteiger partial charge in [0, 0.05) is 39.3 Å². The van der Waals surface area contributed by atoms with Crippen LogP contribution in [0, 0.1) is 11.7 Å². The maximum Gasteiger partial charge on any atom is 0.191 e. The number of ether oxygens (including phenoxy) is 1. The van der Waals surface area contributed by atoms with Crippen molar-refractivity contribution in [3.8, 4) is 5.75 Å². The summed E-state index contributed by atoms with van der Waals surface area (Å²) in [5.74, 6) is 0.343. The topological polar surface area (TPSA) is 69.1 Å². The summed E-state index contributed by atoms with van der Waals surface area (Å²) in [5, 5.41) is 15.8. The van der Waals surface area contributed by atoms with Crippen molar-refractivity contribution in [1.82, 2.24) is 15.5 Å². The zero-order valence-electron chi connectivity index (χ0n) is 16.4. The Hall–Kier alpha value is -1.13. The number of halogens is 2. The Balaban J connectivity index is 0.00000364. The van der Waals surface area contributed by atoms with Crippen LogP contribution in [0.1, 0.15) is 25.8 Å². The second kappa shape index (κ2) is 12.4. The molecule has 3 N–H and O–H groups in total. The second-order valence-corrected chi connectivity index (χ2v) is 7.02. The van der Waals surface area contributed by atoms with E-state index in [-0.39, 0.29) is 29.7 Å². The van der Waals surface area contributed by atoms with Crippen LogP contribution in [0.4, 0.5) is 4.39 Å². The molecule has 0 bridgehead atoms. The van der Waals surface area contributed by atoms with Gasteiger partial charge in [-0.3, -0.25) is 9.89 Å². The number of rotatable bonds is 7. The summed E-state index contributed by atoms with van der Waals surface area (Å²) in [7, 11) is 1.72. The quantitative estimate of drug-likeness (QED) is 0.309. The van der Waals surface area contributed by atoms with E-state index in [1.54, 1.807) is 13.1 Å². The fraction of sp³-hybridized carbons (Fsp3) is 0.632. The highest BCUT2D eigenvalue weighted by molar-refractivity contribution is 14.0. The summed E-state index contributed by atoms with van der Waals surface area (Å²) in [5.41, 5.74) is 0.746. The number of nitrogens with zero attached hydrogens (tertiary/aromatic N) is 2. The molecule has 1 aromatic carbocycles. The molecule has 0 aromatic heterocycles. The average Bonchev–Trinajstić information content (AvgIpc) is 2.64. The second-order valence-electron chi connectivity index (χ2n) is 7.02. The van der Waals surface area contributed by atoms with Gasteiger partial charge in [-0.2, -0.15) is 0 Å². The van der Waals surface area contributed by atoms with Crippen molar-refractivity contribution in [3.05, 3.63) is 29.6 Å². The lowest BCUT2D eigenvalue weighted by Gasteiger charge is -2.35. The predicted molar refractivity (Wildman–Crippen MR) is 117 cm³/mol. The van der Waals surface area contributed by atoms with Crippen LogP contribution < -0.4 is 10.6 Å². The first kappa shape index (κ1) is 23.9. The van der Waals surface area contributed by atoms with E-state index in [0.29, 0.717) is 24.5 Å². The fourth-order valence-electron chi connectivity index (χ4n) is 3.13. The number of benzene rings is 1. The molecule has 1 aliphatic rings. The Bertz CT molecular complexity index is 595. The summed E-state index contributed by atoms with van der Waals surface area (Å²) in [4.78, 5) is 6.72. The van der Waals surface area contributed by atoms with E-state index < -0.39 is 5.82 Å². The molecule has 154 valence electrons. The average molecular weight is 494 g/mol. The van der Waals surface area contributed by atoms with E-state index in [9.17, 15) is 9.50 Å². The van der Waals surface area contributed by atoms with E-state index in [1.807, 2.05) is 0 Å². The third-order valence-electron chi connectivity index (χ3n) is 4.51. The number of nitrogens with one attached hydrogen (secondary N) is 2. The highest BCUT2D eigenvalue weighted by Gasteiger charge is 2.22. The Labute approximate surface area is 178 Å². The molecule has 0 amide bonds. The van der Waals surface area contributed by atoms with E-state index in [2.05, 4.69) is 34.4 Å². The number of guanidine groups is 1. The Morgan fingerprint density at radius 2 is 2.00 bits per heavy atom. The van der Waals surface area contributed by atoms with Gasteiger partial charge in [-0.15, -0.1) is 24.0 Å². The van der Waals surface area contributed by atoms with Gasteiger partial charge in [0.05, 0.1) is 13.2 Å². The van der Waals surface area contributed by atoms with Gasteiger partial charge in [-0.05, 0) is 30.0 Å². The van der Waals surface area contributed by atoms with Gasteiger partial charge < -0.3 is 20.5 Å². The first-order chi connectivity index (χ1) is 12.5. The van der Waals surface area contributed by atoms with E-state index in [4.69, 9.17) is 4.74 Å². The number of aliphatic imine (C=N–C) groups is 1. The smallest absolute Gasteiger partial charge is 0.191 e. The molecule has 1 heterocycles. The van der Waals surface area contributed by atoms with Crippen molar-refractivity contribution in [2.24, 2.45) is 10.9 Å². The number of hydrogen-bond donors (Lipinski definition) is 3. The summed E-state index contributed by atoms with van der Waals surface area (Å²) in [6, 6.07) is 4.79. The zero-order valence-corrected chi connectivity index (χ0v) is 18.7. The first-order valence-corrected chi connectivity index (χ1v) is 9.23. The fourth-order valence-corrected chi connectivity index (χ4v) is 3.13. The maximum absolute atomic E-state index is 13.4. The number of phenolic OH excluding ortho intramolecular Hbond substituents is 1. The van der Waals surface area contributed by atoms with Crippen molar-refractivity contribution < 1.29 is 14.2 Å². The van der Waals surface area contributed by atoms with Crippen LogP contribution in [0.5, 0.6) is 5.75 Å². The van der Waals surface area contributed by atoms with Crippen molar-refractivity contribution >= 4 is 29.9 Å². The molecule has 1 saturated heterocycles. The minimum absolute atomic E-state index is 0. The zero-order chi connectivity index (χ0) is 18.9. The number of morpholine rings is 1. The summed E-state index contributed by atoms with van der Waals surface area (Å²) in [6.07, 6.45) is 1.10. The van der Waals surface area contributed by atoms with Gasteiger partial charge >= 0.3 is 0 Å². The van der Waals surface area contributed by atoms with Crippen LogP contribution in [0.15, 0.2) is 23.2 Å². The highest BCUT2D eigenvalue weighted by atomic mass is 127. The molecule has 6 nitrogen and oxygen atoms in total. The molecule has 0 radical (unpaired) electrons. The third kappa shape index (κ3) is 8.18. The maximum atomic E-state index is 13.4. The molecular formula is C19H32FIN4O2. The Morgan fingerprint density at radius 3 is 2.59 bits per heavy atom. The van der Waals surface area contributed by atoms with Crippen molar-refractivity contribution in [1.29, 1.82) is 0 Å². The third-order valence-corrected chi connectivity index (χ3v) is 4.51. The summed E-state index contributed by atoms with van der Waals surface area (Å²) in [6.45, 7) is 9.18. The van der Waals surface area contributed by atoms with Crippen LogP contribution in [0.2, 0.25) is 0 Å². The van der Waals surface area contributed by atoms with Gasteiger partial charge in [-0.1, -0.05) is 19.9 Å². The molecule has 2 rings (SSSR count). The van der Waals surface area contributed by atoms with Crippen LogP contribution >= 0.6 is 24.0 Å². The first-order valence-electron chi connectivity index (χ1n) is 9.23. The van der Waals surface area contributed by atoms with Gasteiger partial charge in [0.15, 0.2) is 17.5 Å². The van der Waals surface area contributed by atoms with Crippen LogP contribution in [0.25, 0.3) is 0 Å². The van der Waals surface area contributed by atoms with Crippen LogP contribution in [-0.2, 0) is 11.3 Å². The molecule has 0 spiro atoms. The number of hydrogen-bond acceptors (Lipinski definition) is 4. The molecule has 27 heavy (non-hydrogen) atoms. The molecule has 8 heteroatoms. The molecule has 0 aliphatic carbocycles. The lowest BCUT2D eigenvalue weighted by atomic mass is 10.0. The molecule has 1 aromatic rings. The largest absolute Gasteiger partial charge is 0.505 e. The SMILES string of the molecule is CN=C(NCc1ccc(O)c(F)c1)NCC(CC(C)C)N1CCOCC1.I. The summed E-state index contributed by atoms with van der Waals surface area (Å²) >= 11 is 0. The van der Waals surface area contributed by atoms with Gasteiger partial charge in [-0.25, -0.2) is 4.39 Å². The predicted octanol–water partition coefficient (Wildman–Crippen LogP) is 2.56. The van der Waals surface area contributed by atoms with Crippen molar-refractivity contribution in [2.45, 2.75) is 32.9 Å². The van der Waals surface area contributed by atoms with Gasteiger partial charge in [0.2, 0.25) is 0 Å². The highest BCUT2D eigenvalue weighted by Crippen LogP contribution is 2.16. The lowest BCUT2D eigenvalue weighted by Crippen LogP contribution is -2.50. The Morgan fingerprint density at radius 1 is 1.30 bits per heavy atom. The molecule has 1 fully saturated rings. The minimum atomic E-state index is -0.614. The number of phenols is 1. The molecule has 1 atom stereocenters. The van der Waals surface area contributed by atoms with E-state index >= 15 is 0 Å². The van der Waals surface area contributed by atoms with E-state index in [0.717, 1.165) is 44.8 Å². The van der Waals surface area contributed by atoms with E-state index in [1.165, 1.54) is 12.1 Å². The minimum Gasteiger partial charge on any atom is -0.505 e. The van der Waals surface area contributed by atoms with Crippen LogP contribution in [0.3, 0.4) is 0 Å². The molecule has 1 aliphatic heterocycles. The lowest BCUT2D eigenvalue weighted by molar-refractivity contribution is 0.0132. The van der Waals surface area contributed by atoms with Gasteiger partial charge in [0.25, 0.3) is 0 Å². The van der Waals surface area contributed by atoms with Crippen molar-refractivity contribution in [2.75, 3.05) is 39.9 Å². The monoisotopic (exact) mass is 494 g/mol. The standard InChI is InChI=1S/C19H31FN4O2.HI/c1-14(2)10-16(24-6-8-26-9-7-24)13-23-19(21-3)22-12-15-4-5-18(25)17(20)11-15;/h4-5,11,14,16,25H,6-10,12-13H2,1-3H3,(H2,21,22,23);1H. The van der Waals surface area contributed by atoms with Crippen LogP contribution in [-0.4, -0.2) is 61.9 Å². The normalized spacial score (nSPS) is 16.7. The molecule has 1 unspecified atom stereocenters. The van der Waals surface area contributed by atoms with Crippen molar-refractivity contribution in [3.63, 3.8) is 0 Å². The summed E-state index contributed by atoms with van der Waals surface area (Å²) < 4.78 is 18.9. The van der Waals surface area contributed by atoms with Gasteiger partial charge in [0.1, 0.15) is 0 Å². The number of aromatic hydroxyl groups is 1. The molecular weight excluding hydrogens is 462 g/mol. The Kier molecular flexibility index (Phi) is 10.9. The molecule has 0 saturated carbocycles.